The Bertz CT molecular complexity index is 529. The van der Waals surface area contributed by atoms with E-state index in [9.17, 15) is 0 Å². The van der Waals surface area contributed by atoms with Crippen LogP contribution in [0.3, 0.4) is 0 Å². The van der Waals surface area contributed by atoms with E-state index in [0.717, 1.165) is 13.0 Å². The molecule has 2 nitrogen and oxygen atoms in total. The van der Waals surface area contributed by atoms with Gasteiger partial charge in [0.15, 0.2) is 0 Å². The quantitative estimate of drug-likeness (QED) is 0.901. The van der Waals surface area contributed by atoms with Crippen LogP contribution in [0.1, 0.15) is 34.9 Å². The fraction of sp³-hybridized carbons (Fsp3) is 0.385. The molecule has 0 aliphatic heterocycles. The van der Waals surface area contributed by atoms with E-state index in [-0.39, 0.29) is 6.04 Å². The largest absolute Gasteiger partial charge is 0.348 e. The zero-order chi connectivity index (χ0) is 11.8. The van der Waals surface area contributed by atoms with E-state index in [0.29, 0.717) is 0 Å². The van der Waals surface area contributed by atoms with Gasteiger partial charge in [0, 0.05) is 27.8 Å². The normalized spacial score (nSPS) is 19.3. The number of fused-ring (bicyclic) bond motifs is 1. The minimum absolute atomic E-state index is 0.242. The van der Waals surface area contributed by atoms with Crippen LogP contribution in [0.15, 0.2) is 28.3 Å². The second-order valence-electron chi connectivity index (χ2n) is 4.60. The van der Waals surface area contributed by atoms with Crippen LogP contribution in [0.4, 0.5) is 0 Å². The van der Waals surface area contributed by atoms with E-state index >= 15 is 0 Å². The molecule has 0 bridgehead atoms. The molecule has 0 saturated heterocycles. The average Bonchev–Trinajstić information content (AvgIpc) is 2.87. The van der Waals surface area contributed by atoms with Crippen molar-refractivity contribution in [3.8, 4) is 0 Å². The number of aryl methyl sites for hydroxylation is 1. The third-order valence-electron chi connectivity index (χ3n) is 3.38. The second kappa shape index (κ2) is 4.59. The summed E-state index contributed by atoms with van der Waals surface area (Å²) in [6.45, 7) is 0.942. The Morgan fingerprint density at radius 3 is 3.06 bits per heavy atom. The zero-order valence-electron chi connectivity index (χ0n) is 9.53. The molecule has 0 aromatic carbocycles. The van der Waals surface area contributed by atoms with Gasteiger partial charge in [-0.05, 0) is 57.8 Å². The van der Waals surface area contributed by atoms with E-state index < -0.39 is 0 Å². The van der Waals surface area contributed by atoms with Crippen molar-refractivity contribution >= 4 is 27.3 Å². The summed E-state index contributed by atoms with van der Waals surface area (Å²) in [4.78, 5) is 1.37. The van der Waals surface area contributed by atoms with E-state index in [1.165, 1.54) is 33.3 Å². The van der Waals surface area contributed by atoms with Gasteiger partial charge >= 0.3 is 0 Å². The van der Waals surface area contributed by atoms with Crippen LogP contribution in [-0.2, 0) is 13.0 Å². The molecular weight excluding hydrogens is 296 g/mol. The highest BCUT2D eigenvalue weighted by Gasteiger charge is 2.18. The maximum absolute atomic E-state index is 6.14. The molecular formula is C13H15BrN2S. The monoisotopic (exact) mass is 310 g/mol. The molecule has 1 unspecified atom stereocenters. The van der Waals surface area contributed by atoms with Crippen molar-refractivity contribution in [1.29, 1.82) is 0 Å². The summed E-state index contributed by atoms with van der Waals surface area (Å²) in [5.41, 5.74) is 8.93. The minimum atomic E-state index is 0.242. The summed E-state index contributed by atoms with van der Waals surface area (Å²) in [5.74, 6) is 0. The van der Waals surface area contributed by atoms with Gasteiger partial charge < -0.3 is 10.3 Å². The van der Waals surface area contributed by atoms with Gasteiger partial charge in [0.25, 0.3) is 0 Å². The van der Waals surface area contributed by atoms with Gasteiger partial charge in [-0.15, -0.1) is 11.3 Å². The van der Waals surface area contributed by atoms with E-state index in [2.05, 4.69) is 44.3 Å². The summed E-state index contributed by atoms with van der Waals surface area (Å²) in [7, 11) is 0. The molecule has 2 aromatic rings. The number of nitrogens with two attached hydrogens (primary N) is 1. The van der Waals surface area contributed by atoms with Crippen molar-refractivity contribution in [2.24, 2.45) is 5.73 Å². The number of thiophene rings is 1. The van der Waals surface area contributed by atoms with Gasteiger partial charge in [-0.1, -0.05) is 0 Å². The number of hydrogen-bond donors (Lipinski definition) is 1. The van der Waals surface area contributed by atoms with Gasteiger partial charge in [0.1, 0.15) is 0 Å². The van der Waals surface area contributed by atoms with Crippen molar-refractivity contribution in [2.75, 3.05) is 0 Å². The maximum atomic E-state index is 6.14. The number of halogens is 1. The van der Waals surface area contributed by atoms with Crippen LogP contribution in [-0.4, -0.2) is 4.57 Å². The van der Waals surface area contributed by atoms with E-state index in [1.54, 1.807) is 11.3 Å². The third kappa shape index (κ3) is 2.21. The highest BCUT2D eigenvalue weighted by Crippen LogP contribution is 2.30. The first-order valence-corrected chi connectivity index (χ1v) is 7.57. The molecule has 0 spiro atoms. The number of hydrogen-bond acceptors (Lipinski definition) is 2. The summed E-state index contributed by atoms with van der Waals surface area (Å²) in [5, 5.41) is 2.12. The number of aromatic nitrogens is 1. The molecule has 0 radical (unpaired) electrons. The number of rotatable bonds is 2. The first kappa shape index (κ1) is 11.5. The molecule has 1 aliphatic carbocycles. The molecule has 1 atom stereocenters. The van der Waals surface area contributed by atoms with Crippen LogP contribution in [0, 0.1) is 0 Å². The Morgan fingerprint density at radius 1 is 1.47 bits per heavy atom. The molecule has 2 heterocycles. The fourth-order valence-electron chi connectivity index (χ4n) is 2.48. The maximum Gasteiger partial charge on any atom is 0.0575 e. The Kier molecular flexibility index (Phi) is 3.11. The van der Waals surface area contributed by atoms with Crippen molar-refractivity contribution in [3.63, 3.8) is 0 Å². The van der Waals surface area contributed by atoms with Crippen LogP contribution in [0.2, 0.25) is 0 Å². The minimum Gasteiger partial charge on any atom is -0.348 e. The highest BCUT2D eigenvalue weighted by molar-refractivity contribution is 9.10. The van der Waals surface area contributed by atoms with Crippen LogP contribution < -0.4 is 5.73 Å². The summed E-state index contributed by atoms with van der Waals surface area (Å²) in [6, 6.07) is 2.35. The van der Waals surface area contributed by atoms with Gasteiger partial charge in [-0.3, -0.25) is 0 Å². The predicted molar refractivity (Wildman–Crippen MR) is 75.4 cm³/mol. The molecule has 0 amide bonds. The van der Waals surface area contributed by atoms with Gasteiger partial charge in [0.2, 0.25) is 0 Å². The van der Waals surface area contributed by atoms with Crippen molar-refractivity contribution in [3.05, 3.63) is 44.3 Å². The Balaban J connectivity index is 1.88. The lowest BCUT2D eigenvalue weighted by Gasteiger charge is -2.17. The molecule has 90 valence electrons. The van der Waals surface area contributed by atoms with E-state index in [4.69, 9.17) is 5.73 Å². The SMILES string of the molecule is NC1CCCc2cn(Cc3sccc3Br)cc21. The standard InChI is InChI=1S/C13H15BrN2S/c14-11-4-5-17-13(11)8-16-6-9-2-1-3-12(15)10(9)7-16/h4-7,12H,1-3,8,15H2. The summed E-state index contributed by atoms with van der Waals surface area (Å²) in [6.07, 6.45) is 8.02. The lowest BCUT2D eigenvalue weighted by molar-refractivity contribution is 0.573. The van der Waals surface area contributed by atoms with Crippen molar-refractivity contribution in [1.82, 2.24) is 4.57 Å². The van der Waals surface area contributed by atoms with Crippen LogP contribution in [0.25, 0.3) is 0 Å². The molecule has 0 saturated carbocycles. The van der Waals surface area contributed by atoms with Crippen LogP contribution in [0.5, 0.6) is 0 Å². The molecule has 17 heavy (non-hydrogen) atoms. The summed E-state index contributed by atoms with van der Waals surface area (Å²) < 4.78 is 3.48. The smallest absolute Gasteiger partial charge is 0.0575 e. The highest BCUT2D eigenvalue weighted by atomic mass is 79.9. The molecule has 2 aromatic heterocycles. The van der Waals surface area contributed by atoms with Crippen molar-refractivity contribution in [2.45, 2.75) is 31.8 Å². The Morgan fingerprint density at radius 2 is 2.35 bits per heavy atom. The van der Waals surface area contributed by atoms with Gasteiger partial charge in [0.05, 0.1) is 6.54 Å². The zero-order valence-corrected chi connectivity index (χ0v) is 11.9. The molecule has 3 rings (SSSR count). The molecule has 4 heteroatoms. The first-order valence-electron chi connectivity index (χ1n) is 5.90. The molecule has 0 fully saturated rings. The lowest BCUT2D eigenvalue weighted by Crippen LogP contribution is -2.15. The van der Waals surface area contributed by atoms with Crippen molar-refractivity contribution < 1.29 is 0 Å². The topological polar surface area (TPSA) is 30.9 Å². The molecule has 1 aliphatic rings. The van der Waals surface area contributed by atoms with Gasteiger partial charge in [-0.25, -0.2) is 0 Å². The first-order chi connectivity index (χ1) is 8.24. The predicted octanol–water partition coefficient (Wildman–Crippen LogP) is 3.70. The average molecular weight is 311 g/mol. The second-order valence-corrected chi connectivity index (χ2v) is 6.46. The number of nitrogens with zero attached hydrogens (tertiary/aromatic N) is 1. The fourth-order valence-corrected chi connectivity index (χ4v) is 3.96. The van der Waals surface area contributed by atoms with Gasteiger partial charge in [-0.2, -0.15) is 0 Å². The van der Waals surface area contributed by atoms with E-state index in [1.807, 2.05) is 0 Å². The Labute approximate surface area is 114 Å². The van der Waals surface area contributed by atoms with Crippen LogP contribution >= 0.6 is 27.3 Å². The lowest BCUT2D eigenvalue weighted by atomic mass is 9.92. The Hall–Kier alpha value is -0.580. The third-order valence-corrected chi connectivity index (χ3v) is 5.29. The summed E-state index contributed by atoms with van der Waals surface area (Å²) >= 11 is 5.37. The molecule has 2 N–H and O–H groups in total.